The number of amides is 1. The molecule has 0 spiro atoms. The summed E-state index contributed by atoms with van der Waals surface area (Å²) in [5, 5.41) is 14.3. The summed E-state index contributed by atoms with van der Waals surface area (Å²) in [5.41, 5.74) is 0.842. The van der Waals surface area contributed by atoms with Gasteiger partial charge in [-0.15, -0.1) is 0 Å². The van der Waals surface area contributed by atoms with Gasteiger partial charge in [-0.2, -0.15) is 18.3 Å². The van der Waals surface area contributed by atoms with E-state index in [9.17, 15) is 32.7 Å². The van der Waals surface area contributed by atoms with Gasteiger partial charge in [-0.05, 0) is 64.9 Å². The van der Waals surface area contributed by atoms with Crippen molar-refractivity contribution >= 4 is 57.3 Å². The van der Waals surface area contributed by atoms with Crippen molar-refractivity contribution in [2.24, 2.45) is 0 Å². The molecule has 1 N–H and O–H groups in total. The van der Waals surface area contributed by atoms with Crippen molar-refractivity contribution in [2.45, 2.75) is 25.2 Å². The number of pyridine rings is 1. The first-order valence-corrected chi connectivity index (χ1v) is 13.4. The SMILES string of the molecule is O=C1CN(C(Cc2cccnc2)C(=O)O)C(=O)C(=Cc2ccc3c(cnn3Cc3ccc(Cl)cc3C(F)(F)F)c2)S1. The number of carbonyl (C=O) groups is 3. The molecule has 1 unspecified atom stereocenters. The molecule has 0 radical (unpaired) electrons. The number of aliphatic carboxylic acids is 1. The molecule has 0 aliphatic carbocycles. The number of hydrogen-bond donors (Lipinski definition) is 1. The average Bonchev–Trinajstić information content (AvgIpc) is 3.32. The van der Waals surface area contributed by atoms with Gasteiger partial charge in [0.1, 0.15) is 6.04 Å². The van der Waals surface area contributed by atoms with Crippen LogP contribution in [0.5, 0.6) is 0 Å². The van der Waals surface area contributed by atoms with E-state index in [1.165, 1.54) is 35.3 Å². The Labute approximate surface area is 240 Å². The number of aromatic nitrogens is 3. The minimum atomic E-state index is -4.59. The molecule has 2 aromatic heterocycles. The van der Waals surface area contributed by atoms with Crippen molar-refractivity contribution in [1.82, 2.24) is 19.7 Å². The predicted octanol–water partition coefficient (Wildman–Crippen LogP) is 5.29. The first-order valence-electron chi connectivity index (χ1n) is 12.2. The first-order chi connectivity index (χ1) is 19.5. The third-order valence-electron chi connectivity index (χ3n) is 6.47. The highest BCUT2D eigenvalue weighted by atomic mass is 35.5. The molecule has 5 rings (SSSR count). The van der Waals surface area contributed by atoms with E-state index >= 15 is 0 Å². The summed E-state index contributed by atoms with van der Waals surface area (Å²) in [6.45, 7) is -0.504. The maximum absolute atomic E-state index is 13.5. The lowest BCUT2D eigenvalue weighted by Crippen LogP contribution is -2.50. The highest BCUT2D eigenvalue weighted by Gasteiger charge is 2.38. The van der Waals surface area contributed by atoms with Gasteiger partial charge < -0.3 is 10.0 Å². The summed E-state index contributed by atoms with van der Waals surface area (Å²) in [7, 11) is 0. The van der Waals surface area contributed by atoms with E-state index in [0.29, 0.717) is 22.0 Å². The minimum absolute atomic E-state index is 0.000157. The second-order valence-electron chi connectivity index (χ2n) is 9.25. The summed E-state index contributed by atoms with van der Waals surface area (Å²) in [4.78, 5) is 43.0. The van der Waals surface area contributed by atoms with Crippen LogP contribution in [0.4, 0.5) is 13.2 Å². The third-order valence-corrected chi connectivity index (χ3v) is 7.57. The molecule has 13 heteroatoms. The third kappa shape index (κ3) is 6.28. The molecule has 1 amide bonds. The van der Waals surface area contributed by atoms with Crippen LogP contribution in [0.25, 0.3) is 17.0 Å². The van der Waals surface area contributed by atoms with Crippen molar-refractivity contribution < 1.29 is 32.7 Å². The molecular formula is C28H20ClF3N4O4S. The monoisotopic (exact) mass is 600 g/mol. The van der Waals surface area contributed by atoms with Gasteiger partial charge in [-0.25, -0.2) is 4.79 Å². The predicted molar refractivity (Wildman–Crippen MR) is 147 cm³/mol. The van der Waals surface area contributed by atoms with E-state index in [1.54, 1.807) is 36.5 Å². The normalized spacial score (nSPS) is 16.0. The van der Waals surface area contributed by atoms with Crippen molar-refractivity contribution in [3.05, 3.63) is 99.3 Å². The lowest BCUT2D eigenvalue weighted by Gasteiger charge is -2.32. The maximum atomic E-state index is 13.5. The standard InChI is InChI=1S/C28H20ClF3N4O4S/c29-20-5-4-18(21(11-20)28(30,31)32)14-36-22-6-3-16(8-19(22)13-34-36)10-24-26(38)35(15-25(37)41-24)23(27(39)40)9-17-2-1-7-33-12-17/h1-8,10-13,23H,9,14-15H2,(H,39,40). The van der Waals surface area contributed by atoms with Crippen molar-refractivity contribution in [3.8, 4) is 0 Å². The fraction of sp³-hybridized carbons (Fsp3) is 0.179. The van der Waals surface area contributed by atoms with Crippen molar-refractivity contribution in [2.75, 3.05) is 6.54 Å². The Bertz CT molecular complexity index is 1690. The van der Waals surface area contributed by atoms with Gasteiger partial charge in [0.05, 0.1) is 35.3 Å². The zero-order valence-electron chi connectivity index (χ0n) is 21.0. The molecule has 0 saturated carbocycles. The number of alkyl halides is 3. The van der Waals surface area contributed by atoms with Crippen LogP contribution in [-0.2, 0) is 33.5 Å². The Hall–Kier alpha value is -4.16. The molecule has 41 heavy (non-hydrogen) atoms. The van der Waals surface area contributed by atoms with E-state index < -0.39 is 29.7 Å². The Morgan fingerprint density at radius 2 is 1.95 bits per heavy atom. The fourth-order valence-corrected chi connectivity index (χ4v) is 5.57. The average molecular weight is 601 g/mol. The van der Waals surface area contributed by atoms with E-state index in [2.05, 4.69) is 10.1 Å². The van der Waals surface area contributed by atoms with E-state index in [0.717, 1.165) is 22.7 Å². The molecule has 8 nitrogen and oxygen atoms in total. The van der Waals surface area contributed by atoms with Crippen LogP contribution in [0.3, 0.4) is 0 Å². The van der Waals surface area contributed by atoms with E-state index in [4.69, 9.17) is 11.6 Å². The zero-order chi connectivity index (χ0) is 29.3. The first kappa shape index (κ1) is 28.4. The molecule has 1 aliphatic heterocycles. The van der Waals surface area contributed by atoms with Gasteiger partial charge in [-0.3, -0.25) is 19.3 Å². The molecule has 1 atom stereocenters. The number of fused-ring (bicyclic) bond motifs is 1. The number of rotatable bonds is 7. The summed E-state index contributed by atoms with van der Waals surface area (Å²) < 4.78 is 42.1. The molecule has 1 aliphatic rings. The van der Waals surface area contributed by atoms with Crippen molar-refractivity contribution in [1.29, 1.82) is 0 Å². The van der Waals surface area contributed by atoms with Gasteiger partial charge in [-0.1, -0.05) is 29.8 Å². The summed E-state index contributed by atoms with van der Waals surface area (Å²) in [6.07, 6.45) is 1.42. The van der Waals surface area contributed by atoms with Crippen LogP contribution < -0.4 is 0 Å². The van der Waals surface area contributed by atoms with Crippen molar-refractivity contribution in [3.63, 3.8) is 0 Å². The second kappa shape index (κ2) is 11.4. The van der Waals surface area contributed by atoms with Crippen LogP contribution in [0.1, 0.15) is 22.3 Å². The van der Waals surface area contributed by atoms with Crippen LogP contribution >= 0.6 is 23.4 Å². The van der Waals surface area contributed by atoms with E-state index in [1.807, 2.05) is 0 Å². The Kier molecular flexibility index (Phi) is 7.87. The molecule has 3 heterocycles. The highest BCUT2D eigenvalue weighted by molar-refractivity contribution is 8.18. The smallest absolute Gasteiger partial charge is 0.416 e. The quantitative estimate of drug-likeness (QED) is 0.287. The van der Waals surface area contributed by atoms with Gasteiger partial charge in [0, 0.05) is 29.2 Å². The van der Waals surface area contributed by atoms with Gasteiger partial charge >= 0.3 is 12.1 Å². The summed E-state index contributed by atoms with van der Waals surface area (Å²) in [5.74, 6) is -1.84. The topological polar surface area (TPSA) is 105 Å². The van der Waals surface area contributed by atoms with E-state index in [-0.39, 0.29) is 40.1 Å². The van der Waals surface area contributed by atoms with Crippen LogP contribution in [0.2, 0.25) is 5.02 Å². The molecular weight excluding hydrogens is 581 g/mol. The number of thioether (sulfide) groups is 1. The van der Waals surface area contributed by atoms with Crippen LogP contribution in [0, 0.1) is 0 Å². The lowest BCUT2D eigenvalue weighted by atomic mass is 10.1. The number of nitrogens with zero attached hydrogens (tertiary/aromatic N) is 4. The Morgan fingerprint density at radius 3 is 2.66 bits per heavy atom. The second-order valence-corrected chi connectivity index (χ2v) is 10.8. The molecule has 1 saturated heterocycles. The molecule has 1 fully saturated rings. The number of carboxylic acid groups (broad SMARTS) is 1. The highest BCUT2D eigenvalue weighted by Crippen LogP contribution is 2.35. The molecule has 0 bridgehead atoms. The number of carbonyl (C=O) groups excluding carboxylic acids is 2. The minimum Gasteiger partial charge on any atom is -0.480 e. The fourth-order valence-electron chi connectivity index (χ4n) is 4.55. The van der Waals surface area contributed by atoms with Gasteiger partial charge in [0.25, 0.3) is 5.91 Å². The van der Waals surface area contributed by atoms with Gasteiger partial charge in [0.15, 0.2) is 0 Å². The van der Waals surface area contributed by atoms with Crippen LogP contribution in [-0.4, -0.2) is 54.3 Å². The lowest BCUT2D eigenvalue weighted by molar-refractivity contribution is -0.149. The van der Waals surface area contributed by atoms with Crippen LogP contribution in [0.15, 0.2) is 72.0 Å². The summed E-state index contributed by atoms with van der Waals surface area (Å²) >= 11 is 6.52. The summed E-state index contributed by atoms with van der Waals surface area (Å²) in [6, 6.07) is 10.6. The largest absolute Gasteiger partial charge is 0.480 e. The molecule has 210 valence electrons. The number of halogens is 4. The Balaban J connectivity index is 1.41. The molecule has 4 aromatic rings. The maximum Gasteiger partial charge on any atom is 0.416 e. The molecule has 2 aromatic carbocycles. The number of carboxylic acids is 1. The zero-order valence-corrected chi connectivity index (χ0v) is 22.6. The van der Waals surface area contributed by atoms with Gasteiger partial charge in [0.2, 0.25) is 5.12 Å². The number of hydrogen-bond acceptors (Lipinski definition) is 6. The number of benzene rings is 2. The Morgan fingerprint density at radius 1 is 1.15 bits per heavy atom.